The molecular weight excluding hydrogens is 320 g/mol. The highest BCUT2D eigenvalue weighted by Gasteiger charge is 2.19. The van der Waals surface area contributed by atoms with Crippen LogP contribution in [-0.2, 0) is 16.6 Å². The summed E-state index contributed by atoms with van der Waals surface area (Å²) in [6.45, 7) is 0.0731. The van der Waals surface area contributed by atoms with E-state index in [2.05, 4.69) is 14.7 Å². The molecule has 0 aliphatic carbocycles. The molecule has 23 heavy (non-hydrogen) atoms. The van der Waals surface area contributed by atoms with Crippen LogP contribution in [0.1, 0.15) is 5.56 Å². The van der Waals surface area contributed by atoms with Crippen LogP contribution in [0.4, 0.5) is 5.69 Å². The van der Waals surface area contributed by atoms with Crippen LogP contribution in [0, 0.1) is 4.91 Å². The quantitative estimate of drug-likeness (QED) is 0.616. The number of hydrogen-bond donors (Lipinski definition) is 3. The van der Waals surface area contributed by atoms with Gasteiger partial charge in [0, 0.05) is 36.5 Å². The number of hydrogen-bond acceptors (Lipinski definition) is 4. The van der Waals surface area contributed by atoms with Crippen molar-refractivity contribution in [3.8, 4) is 0 Å². The average Bonchev–Trinajstić information content (AvgIpc) is 3.02. The third kappa shape index (κ3) is 3.05. The molecule has 0 unspecified atom stereocenters. The fourth-order valence-corrected chi connectivity index (χ4v) is 3.24. The van der Waals surface area contributed by atoms with Gasteiger partial charge in [0.1, 0.15) is 5.65 Å². The lowest BCUT2D eigenvalue weighted by Gasteiger charge is -2.07. The largest absolute Gasteiger partial charge is 0.346 e. The van der Waals surface area contributed by atoms with E-state index in [1.54, 1.807) is 18.5 Å². The highest BCUT2D eigenvalue weighted by molar-refractivity contribution is 7.89. The van der Waals surface area contributed by atoms with Crippen LogP contribution in [0.25, 0.3) is 11.0 Å². The third-order valence-corrected chi connectivity index (χ3v) is 4.75. The summed E-state index contributed by atoms with van der Waals surface area (Å²) in [6.07, 6.45) is 3.31. The topological polar surface area (TPSA) is 115 Å². The number of nitrogens with one attached hydrogen (secondary N) is 2. The van der Waals surface area contributed by atoms with Gasteiger partial charge in [-0.2, -0.15) is 0 Å². The first-order chi connectivity index (χ1) is 11.0. The first-order valence-corrected chi connectivity index (χ1v) is 8.12. The molecule has 1 aromatic carbocycles. The van der Waals surface area contributed by atoms with Crippen LogP contribution >= 0.6 is 0 Å². The molecule has 118 valence electrons. The predicted octanol–water partition coefficient (Wildman–Crippen LogP) is 1.84. The summed E-state index contributed by atoms with van der Waals surface area (Å²) in [6, 6.07) is 8.65. The maximum absolute atomic E-state index is 12.3. The number of pyridine rings is 1. The van der Waals surface area contributed by atoms with E-state index < -0.39 is 10.0 Å². The van der Waals surface area contributed by atoms with Gasteiger partial charge in [0.15, 0.2) is 0 Å². The number of benzene rings is 1. The van der Waals surface area contributed by atoms with Gasteiger partial charge in [0.2, 0.25) is 10.0 Å². The van der Waals surface area contributed by atoms with Gasteiger partial charge < -0.3 is 4.98 Å². The van der Waals surface area contributed by atoms with Crippen LogP contribution in [0.5, 0.6) is 0 Å². The number of fused-ring (bicyclic) bond motifs is 1. The summed E-state index contributed by atoms with van der Waals surface area (Å²) in [7, 11) is -3.82. The molecule has 2 aromatic heterocycles. The van der Waals surface area contributed by atoms with Crippen LogP contribution in [0.3, 0.4) is 0 Å². The second-order valence-electron chi connectivity index (χ2n) is 4.80. The average molecular weight is 333 g/mol. The zero-order valence-electron chi connectivity index (χ0n) is 11.8. The van der Waals surface area contributed by atoms with Crippen LogP contribution in [0.2, 0.25) is 0 Å². The van der Waals surface area contributed by atoms with Gasteiger partial charge in [-0.3, -0.25) is 0 Å². The fraction of sp³-hybridized carbons (Fsp3) is 0.0714. The second kappa shape index (κ2) is 5.78. The van der Waals surface area contributed by atoms with Crippen LogP contribution < -0.4 is 4.72 Å². The summed E-state index contributed by atoms with van der Waals surface area (Å²) in [4.78, 5) is 17.5. The van der Waals surface area contributed by atoms with E-state index in [0.717, 1.165) is 17.0 Å². The van der Waals surface area contributed by atoms with E-state index >= 15 is 0 Å². The SMILES string of the molecule is O=[N+](O)c1cccc(S(=O)(=O)NCc2ccnc3[nH]ccc23)c1. The standard InChI is InChI=1S/C14H13N4O4S/c19-18(20)11-2-1-3-12(8-11)23(21,22)17-9-10-4-6-15-14-13(10)5-7-16-14/h1-8,17H,9H2,(H,15,16)(H,19,20)/q+1. The lowest BCUT2D eigenvalue weighted by atomic mass is 10.2. The molecule has 0 amide bonds. The summed E-state index contributed by atoms with van der Waals surface area (Å²) < 4.78 is 27.1. The Morgan fingerprint density at radius 3 is 2.87 bits per heavy atom. The van der Waals surface area contributed by atoms with Crippen LogP contribution in [-0.4, -0.2) is 28.5 Å². The molecule has 8 nitrogen and oxygen atoms in total. The van der Waals surface area contributed by atoms with E-state index in [9.17, 15) is 13.3 Å². The number of sulfonamides is 1. The van der Waals surface area contributed by atoms with E-state index in [1.165, 1.54) is 18.2 Å². The maximum atomic E-state index is 12.3. The van der Waals surface area contributed by atoms with Crippen molar-refractivity contribution in [2.75, 3.05) is 0 Å². The number of nitrogens with zero attached hydrogens (tertiary/aromatic N) is 2. The molecule has 2 heterocycles. The molecule has 3 aromatic rings. The molecule has 0 radical (unpaired) electrons. The highest BCUT2D eigenvalue weighted by atomic mass is 32.2. The molecule has 0 aliphatic heterocycles. The van der Waals surface area contributed by atoms with Crippen LogP contribution in [0.15, 0.2) is 53.7 Å². The number of aromatic amines is 1. The van der Waals surface area contributed by atoms with Crippen molar-refractivity contribution in [1.82, 2.24) is 14.7 Å². The molecule has 0 aliphatic rings. The highest BCUT2D eigenvalue weighted by Crippen LogP contribution is 2.19. The van der Waals surface area contributed by atoms with Gasteiger partial charge in [0.05, 0.1) is 9.80 Å². The maximum Gasteiger partial charge on any atom is 0.317 e. The number of aromatic nitrogens is 2. The minimum atomic E-state index is -3.82. The molecule has 0 atom stereocenters. The Morgan fingerprint density at radius 1 is 1.26 bits per heavy atom. The molecule has 0 bridgehead atoms. The van der Waals surface area contributed by atoms with Crippen molar-refractivity contribution in [2.24, 2.45) is 0 Å². The van der Waals surface area contributed by atoms with Crippen molar-refractivity contribution in [2.45, 2.75) is 11.4 Å². The molecule has 3 rings (SSSR count). The fourth-order valence-electron chi connectivity index (χ4n) is 2.20. The van der Waals surface area contributed by atoms with Gasteiger partial charge in [-0.15, -0.1) is 0 Å². The van der Waals surface area contributed by atoms with Crippen molar-refractivity contribution < 1.29 is 18.5 Å². The van der Waals surface area contributed by atoms with Gasteiger partial charge >= 0.3 is 5.69 Å². The molecule has 0 fully saturated rings. The lowest BCUT2D eigenvalue weighted by Crippen LogP contribution is -2.23. The molecule has 0 saturated heterocycles. The van der Waals surface area contributed by atoms with E-state index in [0.29, 0.717) is 5.65 Å². The van der Waals surface area contributed by atoms with E-state index in [4.69, 9.17) is 5.21 Å². The Balaban J connectivity index is 1.86. The smallest absolute Gasteiger partial charge is 0.317 e. The molecule has 9 heteroatoms. The Bertz CT molecular complexity index is 981. The number of H-pyrrole nitrogens is 1. The Labute approximate surface area is 131 Å². The minimum absolute atomic E-state index is 0.0731. The third-order valence-electron chi connectivity index (χ3n) is 3.35. The number of rotatable bonds is 5. The van der Waals surface area contributed by atoms with E-state index in [1.807, 2.05) is 6.07 Å². The second-order valence-corrected chi connectivity index (χ2v) is 6.57. The Kier molecular flexibility index (Phi) is 3.80. The van der Waals surface area contributed by atoms with Gasteiger partial charge in [-0.1, -0.05) is 6.07 Å². The van der Waals surface area contributed by atoms with Gasteiger partial charge in [-0.05, 0) is 23.8 Å². The lowest BCUT2D eigenvalue weighted by molar-refractivity contribution is -0.729. The van der Waals surface area contributed by atoms with Crippen molar-refractivity contribution >= 4 is 26.7 Å². The molecule has 0 spiro atoms. The zero-order chi connectivity index (χ0) is 16.4. The van der Waals surface area contributed by atoms with Gasteiger partial charge in [0.25, 0.3) is 4.92 Å². The summed E-state index contributed by atoms with van der Waals surface area (Å²) in [5.74, 6) is 0. The van der Waals surface area contributed by atoms with Gasteiger partial charge in [-0.25, -0.2) is 23.3 Å². The normalized spacial score (nSPS) is 11.7. The predicted molar refractivity (Wildman–Crippen MR) is 81.6 cm³/mol. The first kappa shape index (κ1) is 15.1. The summed E-state index contributed by atoms with van der Waals surface area (Å²) in [5, 5.41) is 9.69. The monoisotopic (exact) mass is 333 g/mol. The Morgan fingerprint density at radius 2 is 2.09 bits per heavy atom. The first-order valence-electron chi connectivity index (χ1n) is 6.64. The molecule has 0 saturated carbocycles. The van der Waals surface area contributed by atoms with Crippen molar-refractivity contribution in [3.63, 3.8) is 0 Å². The van der Waals surface area contributed by atoms with Crippen molar-refractivity contribution in [3.05, 3.63) is 59.3 Å². The molecule has 3 N–H and O–H groups in total. The summed E-state index contributed by atoms with van der Waals surface area (Å²) >= 11 is 0. The minimum Gasteiger partial charge on any atom is -0.346 e. The van der Waals surface area contributed by atoms with Crippen molar-refractivity contribution in [1.29, 1.82) is 0 Å². The molecular formula is C14H13N4O4S+. The summed E-state index contributed by atoms with van der Waals surface area (Å²) in [5.41, 5.74) is 1.28. The van der Waals surface area contributed by atoms with E-state index in [-0.39, 0.29) is 22.1 Å². The Hall–Kier alpha value is -2.78. The zero-order valence-corrected chi connectivity index (χ0v) is 12.6.